The van der Waals surface area contributed by atoms with Gasteiger partial charge in [-0.2, -0.15) is 0 Å². The van der Waals surface area contributed by atoms with Gasteiger partial charge >= 0.3 is 0 Å². The molecule has 0 aliphatic heterocycles. The van der Waals surface area contributed by atoms with Crippen LogP contribution >= 0.6 is 0 Å². The Hall–Kier alpha value is -1.60. The van der Waals surface area contributed by atoms with Crippen LogP contribution in [0.15, 0.2) is 72.9 Å². The highest BCUT2D eigenvalue weighted by molar-refractivity contribution is 5.25. The molecule has 1 nitrogen and oxygen atoms in total. The molecule has 1 N–H and O–H groups in total. The summed E-state index contributed by atoms with van der Waals surface area (Å²) in [5, 5.41) is 3.27. The van der Waals surface area contributed by atoms with Gasteiger partial charge in [-0.15, -0.1) is 6.58 Å². The van der Waals surface area contributed by atoms with Gasteiger partial charge in [-0.25, -0.2) is 0 Å². The predicted octanol–water partition coefficient (Wildman–Crippen LogP) is 11.0. The largest absolute Gasteiger partial charge is 0.311 e. The molecule has 35 heavy (non-hydrogen) atoms. The van der Waals surface area contributed by atoms with Crippen molar-refractivity contribution in [1.29, 1.82) is 0 Å². The molecule has 0 saturated carbocycles. The van der Waals surface area contributed by atoms with Gasteiger partial charge in [-0.05, 0) is 109 Å². The summed E-state index contributed by atoms with van der Waals surface area (Å²) in [4.78, 5) is 0. The number of allylic oxidation sites excluding steroid dienone is 8. The third-order valence-electron chi connectivity index (χ3n) is 7.18. The van der Waals surface area contributed by atoms with E-state index in [0.717, 1.165) is 30.6 Å². The van der Waals surface area contributed by atoms with Gasteiger partial charge < -0.3 is 5.32 Å². The van der Waals surface area contributed by atoms with Crippen molar-refractivity contribution in [3.63, 3.8) is 0 Å². The highest BCUT2D eigenvalue weighted by atomic mass is 14.9. The molecule has 0 aromatic heterocycles. The van der Waals surface area contributed by atoms with Gasteiger partial charge in [0.25, 0.3) is 0 Å². The third kappa shape index (κ3) is 18.3. The average Bonchev–Trinajstić information content (AvgIpc) is 2.82. The maximum absolute atomic E-state index is 4.15. The summed E-state index contributed by atoms with van der Waals surface area (Å²) in [5.41, 5.74) is 4.13. The fourth-order valence-corrected chi connectivity index (χ4v) is 4.11. The summed E-state index contributed by atoms with van der Waals surface area (Å²) in [6.45, 7) is 29.3. The van der Waals surface area contributed by atoms with Gasteiger partial charge in [0.05, 0.1) is 0 Å². The van der Waals surface area contributed by atoms with Crippen LogP contribution in [0.3, 0.4) is 0 Å². The Balaban J connectivity index is -0.000000532. The Morgan fingerprint density at radius 1 is 1.11 bits per heavy atom. The van der Waals surface area contributed by atoms with Crippen molar-refractivity contribution in [2.75, 3.05) is 7.05 Å². The first-order valence-electron chi connectivity index (χ1n) is 13.7. The van der Waals surface area contributed by atoms with Gasteiger partial charge in [-0.1, -0.05) is 95.9 Å². The van der Waals surface area contributed by atoms with E-state index in [9.17, 15) is 0 Å². The van der Waals surface area contributed by atoms with Crippen molar-refractivity contribution in [2.45, 2.75) is 120 Å². The molecule has 204 valence electrons. The zero-order valence-electron chi connectivity index (χ0n) is 24.5. The minimum atomic E-state index is 0. The van der Waals surface area contributed by atoms with E-state index in [2.05, 4.69) is 90.1 Å². The van der Waals surface area contributed by atoms with E-state index in [1.54, 1.807) is 5.57 Å². The predicted molar refractivity (Wildman–Crippen MR) is 166 cm³/mol. The number of likely N-dealkylation sites (N-methyl/N-ethyl adjacent to an activating group) is 1. The van der Waals surface area contributed by atoms with E-state index in [0.29, 0.717) is 0 Å². The maximum Gasteiger partial charge on any atom is 0.0331 e. The average molecular weight is 486 g/mol. The zero-order valence-corrected chi connectivity index (χ0v) is 24.5. The Kier molecular flexibility index (Phi) is 24.8. The van der Waals surface area contributed by atoms with Crippen LogP contribution in [-0.4, -0.2) is 12.6 Å². The van der Waals surface area contributed by atoms with Crippen LogP contribution < -0.4 is 5.32 Å². The number of hydrogen-bond acceptors (Lipinski definition) is 1. The van der Waals surface area contributed by atoms with Crippen LogP contribution in [0.4, 0.5) is 0 Å². The van der Waals surface area contributed by atoms with Crippen LogP contribution in [-0.2, 0) is 0 Å². The lowest BCUT2D eigenvalue weighted by molar-refractivity contribution is 0.280. The van der Waals surface area contributed by atoms with Crippen molar-refractivity contribution in [3.8, 4) is 0 Å². The van der Waals surface area contributed by atoms with Gasteiger partial charge in [0, 0.05) is 5.54 Å². The van der Waals surface area contributed by atoms with Gasteiger partial charge in [0.1, 0.15) is 0 Å². The third-order valence-corrected chi connectivity index (χ3v) is 7.18. The van der Waals surface area contributed by atoms with Crippen molar-refractivity contribution in [3.05, 3.63) is 72.9 Å². The van der Waals surface area contributed by atoms with Gasteiger partial charge in [0.2, 0.25) is 0 Å². The molecule has 0 radical (unpaired) electrons. The molecular weight excluding hydrogens is 422 g/mol. The van der Waals surface area contributed by atoms with E-state index in [1.165, 1.54) is 49.7 Å². The molecule has 0 saturated heterocycles. The van der Waals surface area contributed by atoms with E-state index in [1.807, 2.05) is 33.9 Å². The van der Waals surface area contributed by atoms with Crippen LogP contribution in [0, 0.1) is 17.8 Å². The molecule has 0 heterocycles. The highest BCUT2D eigenvalue weighted by Crippen LogP contribution is 2.30. The minimum Gasteiger partial charge on any atom is -0.311 e. The van der Waals surface area contributed by atoms with Crippen molar-refractivity contribution in [2.24, 2.45) is 17.8 Å². The Labute approximate surface area is 222 Å². The van der Waals surface area contributed by atoms with Crippen molar-refractivity contribution >= 4 is 0 Å². The van der Waals surface area contributed by atoms with Crippen molar-refractivity contribution < 1.29 is 0 Å². The number of hydrogen-bond donors (Lipinski definition) is 1. The molecule has 1 aliphatic carbocycles. The fourth-order valence-electron chi connectivity index (χ4n) is 4.11. The first-order chi connectivity index (χ1) is 16.1. The van der Waals surface area contributed by atoms with E-state index < -0.39 is 0 Å². The first-order valence-corrected chi connectivity index (χ1v) is 13.7. The lowest BCUT2D eigenvalue weighted by Crippen LogP contribution is -2.37. The number of rotatable bonds is 9. The number of nitrogens with one attached hydrogen (secondary N) is 1. The Morgan fingerprint density at radius 2 is 1.74 bits per heavy atom. The standard InChI is InChI=1S/C16H28.C15H25N.C2H6.CH4/c1-5-7-16-11-10-13(2)8-6-9-14(3)15(4)12-16;1-7-9-14(10-8-2)12-11-13(3)15(4,5)16-6;1-2;/h5,8,14-16H,1,6-7,9-12H2,2-4H3;7-10,16H,1,3,11-12H2,2,4-6H3;1-2H3;1H4/b13-8+;10-8-,14-9+;;. The molecule has 0 aromatic rings. The monoisotopic (exact) mass is 485 g/mol. The molecule has 3 unspecified atom stereocenters. The lowest BCUT2D eigenvalue weighted by Gasteiger charge is -2.27. The van der Waals surface area contributed by atoms with E-state index in [-0.39, 0.29) is 13.0 Å². The topological polar surface area (TPSA) is 12.0 Å². The molecule has 1 heteroatoms. The fraction of sp³-hybridized carbons (Fsp3) is 0.647. The van der Waals surface area contributed by atoms with Gasteiger partial charge in [0.15, 0.2) is 0 Å². The molecule has 0 amide bonds. The second-order valence-corrected chi connectivity index (χ2v) is 10.2. The second-order valence-electron chi connectivity index (χ2n) is 10.2. The summed E-state index contributed by atoms with van der Waals surface area (Å²) in [6, 6.07) is 0. The maximum atomic E-state index is 4.15. The molecule has 1 rings (SSSR count). The zero-order chi connectivity index (χ0) is 26.6. The minimum absolute atomic E-state index is 0. The molecule has 0 aromatic carbocycles. The second kappa shape index (κ2) is 22.8. The SMILES string of the molecule is C.C=C/C=C(\C=C/C)CCC(=C)C(C)(C)NC.C=CCC1CC/C(C)=C/CCC(C)C(C)C1.CC. The molecular formula is C34H63N. The summed E-state index contributed by atoms with van der Waals surface area (Å²) in [6.07, 6.45) is 22.5. The Bertz CT molecular complexity index is 644. The normalized spacial score (nSPS) is 22.7. The molecule has 0 fully saturated rings. The Morgan fingerprint density at radius 3 is 2.26 bits per heavy atom. The van der Waals surface area contributed by atoms with Crippen LogP contribution in [0.2, 0.25) is 0 Å². The molecule has 0 spiro atoms. The van der Waals surface area contributed by atoms with E-state index in [4.69, 9.17) is 0 Å². The van der Waals surface area contributed by atoms with E-state index >= 15 is 0 Å². The van der Waals surface area contributed by atoms with Crippen LogP contribution in [0.5, 0.6) is 0 Å². The highest BCUT2D eigenvalue weighted by Gasteiger charge is 2.19. The van der Waals surface area contributed by atoms with Crippen molar-refractivity contribution in [1.82, 2.24) is 5.32 Å². The quantitative estimate of drug-likeness (QED) is 0.253. The summed E-state index contributed by atoms with van der Waals surface area (Å²) in [7, 11) is 1.97. The lowest BCUT2D eigenvalue weighted by atomic mass is 9.80. The summed E-state index contributed by atoms with van der Waals surface area (Å²) >= 11 is 0. The van der Waals surface area contributed by atoms with Gasteiger partial charge in [-0.3, -0.25) is 0 Å². The smallest absolute Gasteiger partial charge is 0.0331 e. The van der Waals surface area contributed by atoms with Crippen LogP contribution in [0.1, 0.15) is 114 Å². The first kappa shape index (κ1) is 37.9. The van der Waals surface area contributed by atoms with Crippen LogP contribution in [0.25, 0.3) is 0 Å². The molecule has 0 bridgehead atoms. The molecule has 3 atom stereocenters. The molecule has 1 aliphatic rings. The summed E-state index contributed by atoms with van der Waals surface area (Å²) < 4.78 is 0. The summed E-state index contributed by atoms with van der Waals surface area (Å²) in [5.74, 6) is 2.60.